The SMILES string of the molecule is CNC(CCc1ccc(OC)cc1)c1occc1C. The summed E-state index contributed by atoms with van der Waals surface area (Å²) in [5.41, 5.74) is 2.51. The Morgan fingerprint density at radius 2 is 1.95 bits per heavy atom. The van der Waals surface area contributed by atoms with Crippen molar-refractivity contribution in [2.45, 2.75) is 25.8 Å². The van der Waals surface area contributed by atoms with Gasteiger partial charge >= 0.3 is 0 Å². The largest absolute Gasteiger partial charge is 0.497 e. The third-order valence-corrected chi connectivity index (χ3v) is 3.45. The molecule has 0 amide bonds. The van der Waals surface area contributed by atoms with Gasteiger partial charge in [0.2, 0.25) is 0 Å². The summed E-state index contributed by atoms with van der Waals surface area (Å²) in [6.45, 7) is 2.08. The number of aryl methyl sites for hydroxylation is 2. The molecule has 0 fully saturated rings. The van der Waals surface area contributed by atoms with E-state index in [1.54, 1.807) is 13.4 Å². The van der Waals surface area contributed by atoms with Crippen molar-refractivity contribution in [3.05, 3.63) is 53.5 Å². The highest BCUT2D eigenvalue weighted by molar-refractivity contribution is 5.27. The smallest absolute Gasteiger partial charge is 0.123 e. The van der Waals surface area contributed by atoms with Crippen molar-refractivity contribution in [3.63, 3.8) is 0 Å². The molecular formula is C16H21NO2. The van der Waals surface area contributed by atoms with Gasteiger partial charge in [-0.25, -0.2) is 0 Å². The summed E-state index contributed by atoms with van der Waals surface area (Å²) in [6, 6.07) is 10.5. The molecular weight excluding hydrogens is 238 g/mol. The molecule has 1 N–H and O–H groups in total. The molecule has 0 aliphatic rings. The van der Waals surface area contributed by atoms with E-state index in [1.807, 2.05) is 25.2 Å². The number of methoxy groups -OCH3 is 1. The third-order valence-electron chi connectivity index (χ3n) is 3.45. The van der Waals surface area contributed by atoms with E-state index in [9.17, 15) is 0 Å². The molecule has 0 aliphatic carbocycles. The second-order valence-electron chi connectivity index (χ2n) is 4.70. The number of ether oxygens (including phenoxy) is 1. The third kappa shape index (κ3) is 3.38. The zero-order chi connectivity index (χ0) is 13.7. The van der Waals surface area contributed by atoms with Gasteiger partial charge in [0.05, 0.1) is 19.4 Å². The molecule has 0 spiro atoms. The lowest BCUT2D eigenvalue weighted by atomic mass is 10.0. The molecule has 19 heavy (non-hydrogen) atoms. The van der Waals surface area contributed by atoms with Gasteiger partial charge in [-0.3, -0.25) is 0 Å². The van der Waals surface area contributed by atoms with Gasteiger partial charge in [0.15, 0.2) is 0 Å². The molecule has 0 radical (unpaired) electrons. The number of benzene rings is 1. The summed E-state index contributed by atoms with van der Waals surface area (Å²) in [5.74, 6) is 1.94. The Hall–Kier alpha value is -1.74. The van der Waals surface area contributed by atoms with E-state index in [2.05, 4.69) is 24.4 Å². The van der Waals surface area contributed by atoms with Gasteiger partial charge in [0.25, 0.3) is 0 Å². The number of furan rings is 1. The second-order valence-corrected chi connectivity index (χ2v) is 4.70. The fourth-order valence-corrected chi connectivity index (χ4v) is 2.25. The van der Waals surface area contributed by atoms with Crippen LogP contribution in [-0.2, 0) is 6.42 Å². The van der Waals surface area contributed by atoms with Crippen molar-refractivity contribution in [3.8, 4) is 5.75 Å². The average molecular weight is 259 g/mol. The Bertz CT molecular complexity index is 502. The van der Waals surface area contributed by atoms with E-state index >= 15 is 0 Å². The van der Waals surface area contributed by atoms with Crippen molar-refractivity contribution >= 4 is 0 Å². The summed E-state index contributed by atoms with van der Waals surface area (Å²) in [5, 5.41) is 3.32. The molecule has 1 unspecified atom stereocenters. The predicted molar refractivity (Wildman–Crippen MR) is 76.6 cm³/mol. The van der Waals surface area contributed by atoms with Crippen LogP contribution in [0.5, 0.6) is 5.75 Å². The molecule has 1 aromatic heterocycles. The number of nitrogens with one attached hydrogen (secondary N) is 1. The van der Waals surface area contributed by atoms with Crippen molar-refractivity contribution in [1.29, 1.82) is 0 Å². The number of hydrogen-bond acceptors (Lipinski definition) is 3. The van der Waals surface area contributed by atoms with Crippen LogP contribution in [0.1, 0.15) is 29.3 Å². The average Bonchev–Trinajstić information content (AvgIpc) is 2.87. The Balaban J connectivity index is 1.98. The minimum absolute atomic E-state index is 0.261. The minimum atomic E-state index is 0.261. The summed E-state index contributed by atoms with van der Waals surface area (Å²) in [7, 11) is 3.66. The van der Waals surface area contributed by atoms with Crippen LogP contribution in [0.2, 0.25) is 0 Å². The number of hydrogen-bond donors (Lipinski definition) is 1. The molecule has 102 valence electrons. The minimum Gasteiger partial charge on any atom is -0.497 e. The molecule has 0 saturated carbocycles. The van der Waals surface area contributed by atoms with Crippen molar-refractivity contribution < 1.29 is 9.15 Å². The highest BCUT2D eigenvalue weighted by Crippen LogP contribution is 2.23. The van der Waals surface area contributed by atoms with Crippen LogP contribution in [0.15, 0.2) is 41.0 Å². The molecule has 3 heteroatoms. The second kappa shape index (κ2) is 6.43. The fraction of sp³-hybridized carbons (Fsp3) is 0.375. The molecule has 0 aliphatic heterocycles. The maximum absolute atomic E-state index is 5.56. The zero-order valence-corrected chi connectivity index (χ0v) is 11.8. The van der Waals surface area contributed by atoms with Crippen molar-refractivity contribution in [2.75, 3.05) is 14.2 Å². The fourth-order valence-electron chi connectivity index (χ4n) is 2.25. The van der Waals surface area contributed by atoms with E-state index in [1.165, 1.54) is 11.1 Å². The van der Waals surface area contributed by atoms with Crippen LogP contribution in [0.3, 0.4) is 0 Å². The van der Waals surface area contributed by atoms with Crippen LogP contribution in [0, 0.1) is 6.92 Å². The van der Waals surface area contributed by atoms with Gasteiger partial charge in [0, 0.05) is 0 Å². The van der Waals surface area contributed by atoms with E-state index in [4.69, 9.17) is 9.15 Å². The van der Waals surface area contributed by atoms with Gasteiger partial charge in [-0.15, -0.1) is 0 Å². The Labute approximate surface area is 114 Å². The van der Waals surface area contributed by atoms with Crippen molar-refractivity contribution in [1.82, 2.24) is 5.32 Å². The van der Waals surface area contributed by atoms with Crippen LogP contribution < -0.4 is 10.1 Å². The maximum atomic E-state index is 5.56. The Morgan fingerprint density at radius 3 is 2.47 bits per heavy atom. The quantitative estimate of drug-likeness (QED) is 0.862. The van der Waals surface area contributed by atoms with E-state index in [-0.39, 0.29) is 6.04 Å². The van der Waals surface area contributed by atoms with Gasteiger partial charge in [0.1, 0.15) is 11.5 Å². The molecule has 0 saturated heterocycles. The molecule has 1 heterocycles. The van der Waals surface area contributed by atoms with Gasteiger partial charge in [-0.05, 0) is 56.1 Å². The standard InChI is InChI=1S/C16H21NO2/c1-12-10-11-19-16(12)15(17-2)9-6-13-4-7-14(18-3)8-5-13/h4-5,7-8,10-11,15,17H,6,9H2,1-3H3. The molecule has 1 atom stereocenters. The van der Waals surface area contributed by atoms with Gasteiger partial charge in [-0.2, -0.15) is 0 Å². The van der Waals surface area contributed by atoms with E-state index in [0.29, 0.717) is 0 Å². The van der Waals surface area contributed by atoms with Gasteiger partial charge in [-0.1, -0.05) is 12.1 Å². The summed E-state index contributed by atoms with van der Waals surface area (Å²) in [4.78, 5) is 0. The van der Waals surface area contributed by atoms with Crippen LogP contribution in [0.4, 0.5) is 0 Å². The van der Waals surface area contributed by atoms with Crippen LogP contribution in [0.25, 0.3) is 0 Å². The van der Waals surface area contributed by atoms with E-state index < -0.39 is 0 Å². The first-order chi connectivity index (χ1) is 9.24. The van der Waals surface area contributed by atoms with Crippen LogP contribution >= 0.6 is 0 Å². The zero-order valence-electron chi connectivity index (χ0n) is 11.8. The topological polar surface area (TPSA) is 34.4 Å². The van der Waals surface area contributed by atoms with E-state index in [0.717, 1.165) is 24.4 Å². The summed E-state index contributed by atoms with van der Waals surface area (Å²) < 4.78 is 10.7. The van der Waals surface area contributed by atoms with Crippen molar-refractivity contribution in [2.24, 2.45) is 0 Å². The van der Waals surface area contributed by atoms with Gasteiger partial charge < -0.3 is 14.5 Å². The molecule has 2 aromatic rings. The van der Waals surface area contributed by atoms with Crippen LogP contribution in [-0.4, -0.2) is 14.2 Å². The normalized spacial score (nSPS) is 12.4. The highest BCUT2D eigenvalue weighted by atomic mass is 16.5. The predicted octanol–water partition coefficient (Wildman–Crippen LogP) is 3.49. The first-order valence-corrected chi connectivity index (χ1v) is 6.58. The number of rotatable bonds is 6. The molecule has 3 nitrogen and oxygen atoms in total. The summed E-state index contributed by atoms with van der Waals surface area (Å²) >= 11 is 0. The lowest BCUT2D eigenvalue weighted by Crippen LogP contribution is -2.17. The first kappa shape index (κ1) is 13.7. The Morgan fingerprint density at radius 1 is 1.21 bits per heavy atom. The summed E-state index contributed by atoms with van der Waals surface area (Å²) in [6.07, 6.45) is 3.77. The maximum Gasteiger partial charge on any atom is 0.123 e. The lowest BCUT2D eigenvalue weighted by molar-refractivity contribution is 0.410. The molecule has 0 bridgehead atoms. The molecule has 1 aromatic carbocycles. The Kier molecular flexibility index (Phi) is 4.63. The monoisotopic (exact) mass is 259 g/mol. The molecule has 2 rings (SSSR count). The highest BCUT2D eigenvalue weighted by Gasteiger charge is 2.14. The first-order valence-electron chi connectivity index (χ1n) is 6.58. The lowest BCUT2D eigenvalue weighted by Gasteiger charge is -2.14.